The van der Waals surface area contributed by atoms with Crippen molar-refractivity contribution in [2.45, 2.75) is 32.2 Å². The van der Waals surface area contributed by atoms with Crippen molar-refractivity contribution in [3.8, 4) is 5.69 Å². The first-order valence-electron chi connectivity index (χ1n) is 13.2. The number of hydrogen-bond donors (Lipinski definition) is 1. The maximum absolute atomic E-state index is 15.1. The number of allylic oxidation sites excluding steroid dienone is 1. The number of nitrogens with zero attached hydrogens (tertiary/aromatic N) is 6. The topological polar surface area (TPSA) is 71.2 Å². The Balaban J connectivity index is 1.36. The molecule has 0 radical (unpaired) electrons. The van der Waals surface area contributed by atoms with E-state index in [2.05, 4.69) is 52.8 Å². The van der Waals surface area contributed by atoms with Crippen LogP contribution >= 0.6 is 0 Å². The molecule has 0 amide bonds. The molecule has 0 spiro atoms. The molecule has 1 N–H and O–H groups in total. The number of halogens is 1. The summed E-state index contributed by atoms with van der Waals surface area (Å²) in [5, 5.41) is 3.64. The van der Waals surface area contributed by atoms with Crippen LogP contribution in [0, 0.1) is 5.82 Å². The SMILES string of the molecule is C=CCn1c(=O)c2cnc(Nc3ccc(N4CCN(C)CC4)cc3)nc2n1-c1cc(F)c2c(c1)C(C)CC2. The van der Waals surface area contributed by atoms with E-state index in [1.807, 2.05) is 18.2 Å². The Morgan fingerprint density at radius 1 is 1.13 bits per heavy atom. The summed E-state index contributed by atoms with van der Waals surface area (Å²) < 4.78 is 18.3. The Bertz CT molecular complexity index is 1560. The lowest BCUT2D eigenvalue weighted by molar-refractivity contribution is 0.313. The molecule has 2 aliphatic rings. The molecular weight excluding hydrogens is 481 g/mol. The minimum Gasteiger partial charge on any atom is -0.369 e. The van der Waals surface area contributed by atoms with Gasteiger partial charge in [0.15, 0.2) is 5.65 Å². The molecule has 6 rings (SSSR count). The van der Waals surface area contributed by atoms with Gasteiger partial charge in [0.1, 0.15) is 11.2 Å². The number of benzene rings is 2. The van der Waals surface area contributed by atoms with Crippen molar-refractivity contribution in [2.75, 3.05) is 43.4 Å². The van der Waals surface area contributed by atoms with Crippen molar-refractivity contribution >= 4 is 28.4 Å². The second-order valence-corrected chi connectivity index (χ2v) is 10.3. The number of rotatable bonds is 6. The largest absolute Gasteiger partial charge is 0.369 e. The fourth-order valence-electron chi connectivity index (χ4n) is 5.57. The highest BCUT2D eigenvalue weighted by Gasteiger charge is 2.25. The van der Waals surface area contributed by atoms with E-state index in [-0.39, 0.29) is 23.8 Å². The minimum absolute atomic E-state index is 0.239. The first kappa shape index (κ1) is 24.4. The van der Waals surface area contributed by atoms with E-state index in [1.54, 1.807) is 10.8 Å². The van der Waals surface area contributed by atoms with Gasteiger partial charge in [0.2, 0.25) is 5.95 Å². The van der Waals surface area contributed by atoms with Crippen LogP contribution in [0.15, 0.2) is 60.0 Å². The number of anilines is 3. The highest BCUT2D eigenvalue weighted by Crippen LogP contribution is 2.36. The van der Waals surface area contributed by atoms with E-state index < -0.39 is 0 Å². The molecule has 9 heteroatoms. The summed E-state index contributed by atoms with van der Waals surface area (Å²) in [4.78, 5) is 27.1. The molecule has 196 valence electrons. The van der Waals surface area contributed by atoms with E-state index in [1.165, 1.54) is 22.6 Å². The lowest BCUT2D eigenvalue weighted by Gasteiger charge is -2.34. The quantitative estimate of drug-likeness (QED) is 0.384. The van der Waals surface area contributed by atoms with E-state index in [4.69, 9.17) is 4.98 Å². The standard InChI is InChI=1S/C29H32FN7O/c1-4-11-36-28(38)25-18-31-29(32-20-6-8-21(9-7-20)35-14-12-34(3)13-15-35)33-27(25)37(36)22-16-24-19(2)5-10-23(24)26(30)17-22/h4,6-9,16-19H,1,5,10-15H2,2-3H3,(H,31,32,33). The molecule has 0 bridgehead atoms. The lowest BCUT2D eigenvalue weighted by Crippen LogP contribution is -2.44. The molecule has 2 aromatic heterocycles. The van der Waals surface area contributed by atoms with E-state index >= 15 is 4.39 Å². The van der Waals surface area contributed by atoms with E-state index in [0.717, 1.165) is 55.8 Å². The highest BCUT2D eigenvalue weighted by molar-refractivity contribution is 5.77. The zero-order valence-electron chi connectivity index (χ0n) is 21.8. The summed E-state index contributed by atoms with van der Waals surface area (Å²) >= 11 is 0. The van der Waals surface area contributed by atoms with Crippen molar-refractivity contribution in [1.82, 2.24) is 24.2 Å². The summed E-state index contributed by atoms with van der Waals surface area (Å²) in [6, 6.07) is 11.7. The molecule has 1 saturated heterocycles. The number of nitrogens with one attached hydrogen (secondary N) is 1. The third-order valence-corrected chi connectivity index (χ3v) is 7.79. The van der Waals surface area contributed by atoms with Crippen LogP contribution < -0.4 is 15.8 Å². The fourth-order valence-corrected chi connectivity index (χ4v) is 5.57. The van der Waals surface area contributed by atoms with E-state index in [0.29, 0.717) is 22.7 Å². The van der Waals surface area contributed by atoms with Gasteiger partial charge in [-0.05, 0) is 73.3 Å². The van der Waals surface area contributed by atoms with Crippen LogP contribution in [0.25, 0.3) is 16.7 Å². The van der Waals surface area contributed by atoms with Gasteiger partial charge in [-0.1, -0.05) is 13.0 Å². The minimum atomic E-state index is -0.242. The predicted molar refractivity (Wildman–Crippen MR) is 149 cm³/mol. The second-order valence-electron chi connectivity index (χ2n) is 10.3. The number of aromatic nitrogens is 4. The molecule has 1 fully saturated rings. The van der Waals surface area contributed by atoms with Crippen molar-refractivity contribution in [3.63, 3.8) is 0 Å². The lowest BCUT2D eigenvalue weighted by atomic mass is 10.0. The molecule has 1 unspecified atom stereocenters. The van der Waals surface area contributed by atoms with Gasteiger partial charge in [0.05, 0.1) is 12.2 Å². The Kier molecular flexibility index (Phi) is 6.23. The van der Waals surface area contributed by atoms with Gasteiger partial charge in [-0.2, -0.15) is 4.98 Å². The third-order valence-electron chi connectivity index (χ3n) is 7.79. The molecule has 0 saturated carbocycles. The van der Waals surface area contributed by atoms with Crippen molar-refractivity contribution in [2.24, 2.45) is 0 Å². The van der Waals surface area contributed by atoms with Gasteiger partial charge in [-0.15, -0.1) is 6.58 Å². The smallest absolute Gasteiger partial charge is 0.278 e. The summed E-state index contributed by atoms with van der Waals surface area (Å²) in [6.07, 6.45) is 4.84. The van der Waals surface area contributed by atoms with Crippen LogP contribution in [0.2, 0.25) is 0 Å². The number of fused-ring (bicyclic) bond motifs is 2. The van der Waals surface area contributed by atoms with Crippen molar-refractivity contribution in [3.05, 3.63) is 82.5 Å². The van der Waals surface area contributed by atoms with Gasteiger partial charge in [0, 0.05) is 43.8 Å². The average Bonchev–Trinajstić information content (AvgIpc) is 3.42. The van der Waals surface area contributed by atoms with Gasteiger partial charge in [-0.25, -0.2) is 18.7 Å². The molecule has 1 aliphatic heterocycles. The van der Waals surface area contributed by atoms with E-state index in [9.17, 15) is 4.79 Å². The van der Waals surface area contributed by atoms with Gasteiger partial charge < -0.3 is 15.1 Å². The highest BCUT2D eigenvalue weighted by atomic mass is 19.1. The van der Waals surface area contributed by atoms with Crippen LogP contribution in [0.3, 0.4) is 0 Å². The normalized spacial score (nSPS) is 17.7. The summed E-state index contributed by atoms with van der Waals surface area (Å²) in [7, 11) is 2.15. The zero-order valence-corrected chi connectivity index (χ0v) is 21.8. The molecule has 1 aliphatic carbocycles. The maximum atomic E-state index is 15.1. The molecule has 38 heavy (non-hydrogen) atoms. The van der Waals surface area contributed by atoms with Gasteiger partial charge in [-0.3, -0.25) is 4.79 Å². The molecule has 1 atom stereocenters. The first-order chi connectivity index (χ1) is 18.4. The van der Waals surface area contributed by atoms with Crippen molar-refractivity contribution < 1.29 is 4.39 Å². The Hall–Kier alpha value is -3.98. The Morgan fingerprint density at radius 2 is 1.89 bits per heavy atom. The first-order valence-corrected chi connectivity index (χ1v) is 13.2. The Morgan fingerprint density at radius 3 is 2.63 bits per heavy atom. The number of likely N-dealkylation sites (N-methyl/N-ethyl adjacent to an activating group) is 1. The molecule has 3 heterocycles. The van der Waals surface area contributed by atoms with Crippen LogP contribution in [0.1, 0.15) is 30.4 Å². The zero-order chi connectivity index (χ0) is 26.4. The summed E-state index contributed by atoms with van der Waals surface area (Å²) in [6.45, 7) is 10.3. The van der Waals surface area contributed by atoms with Gasteiger partial charge in [0.25, 0.3) is 5.56 Å². The van der Waals surface area contributed by atoms with Crippen LogP contribution in [0.4, 0.5) is 21.7 Å². The number of piperazine rings is 1. The molecule has 8 nitrogen and oxygen atoms in total. The summed E-state index contributed by atoms with van der Waals surface area (Å²) in [5.74, 6) is 0.389. The maximum Gasteiger partial charge on any atom is 0.278 e. The third kappa shape index (κ3) is 4.26. The Labute approximate surface area is 221 Å². The predicted octanol–water partition coefficient (Wildman–Crippen LogP) is 4.45. The summed E-state index contributed by atoms with van der Waals surface area (Å²) in [5.41, 5.74) is 4.55. The van der Waals surface area contributed by atoms with Crippen LogP contribution in [-0.2, 0) is 13.0 Å². The van der Waals surface area contributed by atoms with Crippen LogP contribution in [0.5, 0.6) is 0 Å². The number of hydrogen-bond acceptors (Lipinski definition) is 6. The monoisotopic (exact) mass is 513 g/mol. The average molecular weight is 514 g/mol. The fraction of sp³-hybridized carbons (Fsp3) is 0.345. The second kappa shape index (κ2) is 9.72. The molecule has 2 aromatic carbocycles. The van der Waals surface area contributed by atoms with Crippen LogP contribution in [-0.4, -0.2) is 57.5 Å². The van der Waals surface area contributed by atoms with Crippen molar-refractivity contribution in [1.29, 1.82) is 0 Å². The molecular formula is C29H32FN7O. The van der Waals surface area contributed by atoms with Gasteiger partial charge >= 0.3 is 0 Å². The molecule has 4 aromatic rings.